The summed E-state index contributed by atoms with van der Waals surface area (Å²) in [6.45, 7) is 3.50. The van der Waals surface area contributed by atoms with E-state index in [1.165, 1.54) is 11.3 Å². The van der Waals surface area contributed by atoms with Gasteiger partial charge in [-0.05, 0) is 31.4 Å². The number of aryl methyl sites for hydroxylation is 1. The molecule has 0 aliphatic carbocycles. The molecule has 0 saturated heterocycles. The maximum Gasteiger partial charge on any atom is 0.266 e. The van der Waals surface area contributed by atoms with Gasteiger partial charge in [0.25, 0.3) is 5.56 Å². The summed E-state index contributed by atoms with van der Waals surface area (Å²) >= 11 is 1.35. The van der Waals surface area contributed by atoms with Crippen molar-refractivity contribution in [2.45, 2.75) is 26.7 Å². The van der Waals surface area contributed by atoms with Crippen LogP contribution in [0.15, 0.2) is 16.4 Å². The summed E-state index contributed by atoms with van der Waals surface area (Å²) in [6, 6.07) is 1.90. The van der Waals surface area contributed by atoms with Crippen molar-refractivity contribution in [3.05, 3.63) is 44.3 Å². The minimum Gasteiger partial charge on any atom is -0.325 e. The largest absolute Gasteiger partial charge is 0.325 e. The first-order valence-electron chi connectivity index (χ1n) is 6.34. The first kappa shape index (κ1) is 14.9. The number of rotatable bonds is 4. The number of nitrogens with zero attached hydrogens (tertiary/aromatic N) is 2. The number of carbonyl (C=O) groups is 1. The van der Waals surface area contributed by atoms with Crippen LogP contribution in [-0.4, -0.2) is 15.9 Å². The molecule has 0 aromatic carbocycles. The van der Waals surface area contributed by atoms with Crippen LogP contribution in [0.3, 0.4) is 0 Å². The van der Waals surface area contributed by atoms with E-state index in [1.54, 1.807) is 25.4 Å². The molecule has 108 valence electrons. The van der Waals surface area contributed by atoms with Crippen molar-refractivity contribution in [1.29, 1.82) is 5.26 Å². The molecule has 6 nitrogen and oxygen atoms in total. The van der Waals surface area contributed by atoms with Gasteiger partial charge in [0.15, 0.2) is 5.13 Å². The predicted octanol–water partition coefficient (Wildman–Crippen LogP) is 1.89. The molecule has 2 N–H and O–H groups in total. The van der Waals surface area contributed by atoms with E-state index in [9.17, 15) is 9.59 Å². The summed E-state index contributed by atoms with van der Waals surface area (Å²) in [5, 5.41) is 14.1. The highest BCUT2D eigenvalue weighted by Gasteiger charge is 2.13. The highest BCUT2D eigenvalue weighted by Crippen LogP contribution is 2.16. The molecule has 7 heteroatoms. The smallest absolute Gasteiger partial charge is 0.266 e. The summed E-state index contributed by atoms with van der Waals surface area (Å²) < 4.78 is 0. The molecule has 1 amide bonds. The first-order valence-corrected chi connectivity index (χ1v) is 7.22. The van der Waals surface area contributed by atoms with Crippen LogP contribution in [0.25, 0.3) is 0 Å². The Morgan fingerprint density at radius 1 is 1.52 bits per heavy atom. The number of hydrogen-bond donors (Lipinski definition) is 2. The van der Waals surface area contributed by atoms with Crippen LogP contribution < -0.4 is 10.9 Å². The number of aromatic amines is 1. The van der Waals surface area contributed by atoms with Gasteiger partial charge >= 0.3 is 0 Å². The second-order valence-electron chi connectivity index (χ2n) is 4.55. The topological polar surface area (TPSA) is 98.6 Å². The molecule has 0 bridgehead atoms. The number of pyridine rings is 1. The van der Waals surface area contributed by atoms with Crippen molar-refractivity contribution < 1.29 is 4.79 Å². The standard InChI is InChI=1S/C14H14N4O2S/c1-8-10(9(2)17-13(20)11(8)7-15)3-4-12(19)18-14-16-5-6-21-14/h5-6H,3-4H2,1-2H3,(H,17,20)(H,16,18,19). The van der Waals surface area contributed by atoms with E-state index in [0.29, 0.717) is 22.8 Å². The molecule has 0 aliphatic heterocycles. The van der Waals surface area contributed by atoms with Gasteiger partial charge in [0, 0.05) is 23.7 Å². The Balaban J connectivity index is 2.12. The van der Waals surface area contributed by atoms with Crippen molar-refractivity contribution in [1.82, 2.24) is 9.97 Å². The number of H-pyrrole nitrogens is 1. The second kappa shape index (κ2) is 6.33. The lowest BCUT2D eigenvalue weighted by molar-refractivity contribution is -0.116. The maximum atomic E-state index is 11.8. The van der Waals surface area contributed by atoms with E-state index in [1.807, 2.05) is 6.07 Å². The van der Waals surface area contributed by atoms with E-state index < -0.39 is 0 Å². The molecule has 0 unspecified atom stereocenters. The average Bonchev–Trinajstić information content (AvgIpc) is 2.91. The number of aromatic nitrogens is 2. The molecule has 2 heterocycles. The molecule has 0 atom stereocenters. The fourth-order valence-electron chi connectivity index (χ4n) is 2.13. The third-order valence-electron chi connectivity index (χ3n) is 3.20. The molecule has 21 heavy (non-hydrogen) atoms. The van der Waals surface area contributed by atoms with Gasteiger partial charge in [-0.25, -0.2) is 4.98 Å². The van der Waals surface area contributed by atoms with Crippen molar-refractivity contribution >= 4 is 22.4 Å². The number of anilines is 1. The van der Waals surface area contributed by atoms with Crippen LogP contribution in [0.4, 0.5) is 5.13 Å². The van der Waals surface area contributed by atoms with Gasteiger partial charge in [0.2, 0.25) is 5.91 Å². The Bertz CT molecular complexity index is 757. The van der Waals surface area contributed by atoms with Gasteiger partial charge in [-0.2, -0.15) is 5.26 Å². The maximum absolute atomic E-state index is 11.8. The zero-order valence-corrected chi connectivity index (χ0v) is 12.5. The zero-order valence-electron chi connectivity index (χ0n) is 11.7. The van der Waals surface area contributed by atoms with E-state index in [-0.39, 0.29) is 23.5 Å². The van der Waals surface area contributed by atoms with Crippen LogP contribution in [0.1, 0.15) is 28.8 Å². The molecule has 0 fully saturated rings. The molecular weight excluding hydrogens is 288 g/mol. The molecule has 2 aromatic heterocycles. The minimum absolute atomic E-state index is 0.107. The lowest BCUT2D eigenvalue weighted by atomic mass is 9.99. The Kier molecular flexibility index (Phi) is 4.50. The fraction of sp³-hybridized carbons (Fsp3) is 0.286. The van der Waals surface area contributed by atoms with Crippen LogP contribution in [0.2, 0.25) is 0 Å². The Morgan fingerprint density at radius 2 is 2.29 bits per heavy atom. The summed E-state index contributed by atoms with van der Waals surface area (Å²) in [5.41, 5.74) is 1.89. The zero-order chi connectivity index (χ0) is 15.4. The quantitative estimate of drug-likeness (QED) is 0.901. The van der Waals surface area contributed by atoms with Gasteiger partial charge in [0.1, 0.15) is 11.6 Å². The van der Waals surface area contributed by atoms with Crippen LogP contribution in [-0.2, 0) is 11.2 Å². The summed E-state index contributed by atoms with van der Waals surface area (Å²) in [6.07, 6.45) is 2.34. The third kappa shape index (κ3) is 3.35. The first-order chi connectivity index (χ1) is 10.0. The lowest BCUT2D eigenvalue weighted by Gasteiger charge is -2.10. The number of nitriles is 1. The average molecular weight is 302 g/mol. The number of amides is 1. The van der Waals surface area contributed by atoms with Gasteiger partial charge in [-0.3, -0.25) is 9.59 Å². The van der Waals surface area contributed by atoms with Gasteiger partial charge in [-0.1, -0.05) is 0 Å². The fourth-order valence-corrected chi connectivity index (χ4v) is 2.67. The molecule has 0 saturated carbocycles. The van der Waals surface area contributed by atoms with Crippen molar-refractivity contribution in [3.8, 4) is 6.07 Å². The molecule has 0 spiro atoms. The second-order valence-corrected chi connectivity index (χ2v) is 5.45. The summed E-state index contributed by atoms with van der Waals surface area (Å²) in [5.74, 6) is -0.145. The summed E-state index contributed by atoms with van der Waals surface area (Å²) in [7, 11) is 0. The SMILES string of the molecule is Cc1[nH]c(=O)c(C#N)c(C)c1CCC(=O)Nc1nccs1. The predicted molar refractivity (Wildman–Crippen MR) is 80.3 cm³/mol. The van der Waals surface area contributed by atoms with Crippen molar-refractivity contribution in [2.24, 2.45) is 0 Å². The van der Waals surface area contributed by atoms with Crippen molar-refractivity contribution in [2.75, 3.05) is 5.32 Å². The molecular formula is C14H14N4O2S. The molecule has 2 aromatic rings. The number of thiazole rings is 1. The minimum atomic E-state index is -0.386. The lowest BCUT2D eigenvalue weighted by Crippen LogP contribution is -2.18. The van der Waals surface area contributed by atoms with E-state index in [4.69, 9.17) is 5.26 Å². The van der Waals surface area contributed by atoms with E-state index in [0.717, 1.165) is 5.56 Å². The molecule has 2 rings (SSSR count). The third-order valence-corrected chi connectivity index (χ3v) is 3.89. The van der Waals surface area contributed by atoms with Gasteiger partial charge in [-0.15, -0.1) is 11.3 Å². The van der Waals surface area contributed by atoms with Crippen LogP contribution >= 0.6 is 11.3 Å². The van der Waals surface area contributed by atoms with E-state index >= 15 is 0 Å². The summed E-state index contributed by atoms with van der Waals surface area (Å²) in [4.78, 5) is 30.1. The van der Waals surface area contributed by atoms with Crippen LogP contribution in [0, 0.1) is 25.2 Å². The highest BCUT2D eigenvalue weighted by atomic mass is 32.1. The number of carbonyl (C=O) groups excluding carboxylic acids is 1. The monoisotopic (exact) mass is 302 g/mol. The molecule has 0 aliphatic rings. The Hall–Kier alpha value is -2.46. The van der Waals surface area contributed by atoms with Crippen LogP contribution in [0.5, 0.6) is 0 Å². The van der Waals surface area contributed by atoms with E-state index in [2.05, 4.69) is 15.3 Å². The molecule has 0 radical (unpaired) electrons. The van der Waals surface area contributed by atoms with Crippen molar-refractivity contribution in [3.63, 3.8) is 0 Å². The Morgan fingerprint density at radius 3 is 2.90 bits per heavy atom. The van der Waals surface area contributed by atoms with Gasteiger partial charge in [0.05, 0.1) is 0 Å². The highest BCUT2D eigenvalue weighted by molar-refractivity contribution is 7.13. The number of hydrogen-bond acceptors (Lipinski definition) is 5. The normalized spacial score (nSPS) is 10.1. The van der Waals surface area contributed by atoms with Gasteiger partial charge < -0.3 is 10.3 Å². The number of nitrogens with one attached hydrogen (secondary N) is 2. The Labute approximate surface area is 125 Å².